The minimum absolute atomic E-state index is 0.0377. The Morgan fingerprint density at radius 1 is 1.62 bits per heavy atom. The summed E-state index contributed by atoms with van der Waals surface area (Å²) in [6, 6.07) is 7.13. The molecular weight excluding hydrogens is 202 g/mol. The molecule has 1 rings (SSSR count). The van der Waals surface area contributed by atoms with Gasteiger partial charge in [-0.05, 0) is 30.8 Å². The number of carbonyl (C=O) groups is 1. The van der Waals surface area contributed by atoms with E-state index in [1.54, 1.807) is 31.3 Å². The summed E-state index contributed by atoms with van der Waals surface area (Å²) in [5, 5.41) is 11.5. The van der Waals surface area contributed by atoms with E-state index >= 15 is 0 Å². The highest BCUT2D eigenvalue weighted by atomic mass is 16.1. The summed E-state index contributed by atoms with van der Waals surface area (Å²) >= 11 is 0. The van der Waals surface area contributed by atoms with Crippen molar-refractivity contribution in [3.05, 3.63) is 35.4 Å². The number of nitrogen functional groups attached to an aromatic ring is 1. The Morgan fingerprint density at radius 2 is 2.38 bits per heavy atom. The maximum atomic E-state index is 11.2. The van der Waals surface area contributed by atoms with E-state index in [1.807, 2.05) is 6.07 Å². The fourth-order valence-electron chi connectivity index (χ4n) is 1.24. The van der Waals surface area contributed by atoms with Crippen molar-refractivity contribution in [2.45, 2.75) is 0 Å². The second-order valence-corrected chi connectivity index (χ2v) is 3.25. The van der Waals surface area contributed by atoms with Gasteiger partial charge in [0.05, 0.1) is 17.8 Å². The molecule has 0 bridgehead atoms. The van der Waals surface area contributed by atoms with Crippen molar-refractivity contribution >= 4 is 17.5 Å². The lowest BCUT2D eigenvalue weighted by Gasteiger charge is -2.01. The number of hydrogen-bond donors (Lipinski definition) is 2. The molecule has 16 heavy (non-hydrogen) atoms. The lowest BCUT2D eigenvalue weighted by molar-refractivity contribution is -0.113. The van der Waals surface area contributed by atoms with Crippen molar-refractivity contribution in [1.29, 1.82) is 5.26 Å². The van der Waals surface area contributed by atoms with E-state index in [0.29, 0.717) is 16.8 Å². The SMILES string of the molecule is CNCC(=O)C=Cc1cccc(C#N)c1N. The number of likely N-dealkylation sites (N-methyl/N-ethyl adjacent to an activating group) is 1. The number of anilines is 1. The van der Waals surface area contributed by atoms with E-state index in [1.165, 1.54) is 6.08 Å². The zero-order valence-electron chi connectivity index (χ0n) is 9.03. The molecule has 0 amide bonds. The van der Waals surface area contributed by atoms with Crippen LogP contribution in [0.3, 0.4) is 0 Å². The van der Waals surface area contributed by atoms with E-state index in [4.69, 9.17) is 11.0 Å². The fraction of sp³-hybridized carbons (Fsp3) is 0.167. The summed E-state index contributed by atoms with van der Waals surface area (Å²) in [7, 11) is 1.70. The molecule has 82 valence electrons. The Morgan fingerprint density at radius 3 is 3.00 bits per heavy atom. The van der Waals surface area contributed by atoms with Gasteiger partial charge in [-0.2, -0.15) is 5.26 Å². The lowest BCUT2D eigenvalue weighted by Crippen LogP contribution is -2.16. The number of nitrogens with one attached hydrogen (secondary N) is 1. The molecule has 0 aliphatic heterocycles. The van der Waals surface area contributed by atoms with Crippen LogP contribution in [0.15, 0.2) is 24.3 Å². The quantitative estimate of drug-likeness (QED) is 0.578. The van der Waals surface area contributed by atoms with Gasteiger partial charge in [0.15, 0.2) is 5.78 Å². The van der Waals surface area contributed by atoms with E-state index in [9.17, 15) is 4.79 Å². The number of ketones is 1. The Kier molecular flexibility index (Phi) is 4.25. The van der Waals surface area contributed by atoms with Crippen molar-refractivity contribution in [3.63, 3.8) is 0 Å². The molecule has 0 saturated carbocycles. The number of para-hydroxylation sites is 1. The molecule has 0 aliphatic carbocycles. The number of nitriles is 1. The van der Waals surface area contributed by atoms with E-state index in [2.05, 4.69) is 5.32 Å². The molecule has 0 unspecified atom stereocenters. The second kappa shape index (κ2) is 5.69. The average Bonchev–Trinajstić information content (AvgIpc) is 2.28. The molecule has 4 heteroatoms. The minimum Gasteiger partial charge on any atom is -0.397 e. The number of nitrogens with zero attached hydrogens (tertiary/aromatic N) is 1. The van der Waals surface area contributed by atoms with Crippen molar-refractivity contribution in [2.24, 2.45) is 0 Å². The smallest absolute Gasteiger partial charge is 0.169 e. The minimum atomic E-state index is -0.0377. The first-order valence-electron chi connectivity index (χ1n) is 4.83. The van der Waals surface area contributed by atoms with Crippen molar-refractivity contribution in [3.8, 4) is 6.07 Å². The molecular formula is C12H13N3O. The van der Waals surface area contributed by atoms with Gasteiger partial charge in [0.1, 0.15) is 6.07 Å². The third-order valence-corrected chi connectivity index (χ3v) is 2.06. The standard InChI is InChI=1S/C12H13N3O/c1-15-8-11(16)6-5-9-3-2-4-10(7-13)12(9)14/h2-6,15H,8,14H2,1H3. The summed E-state index contributed by atoms with van der Waals surface area (Å²) in [5.74, 6) is -0.0377. The van der Waals surface area contributed by atoms with Gasteiger partial charge in [0.25, 0.3) is 0 Å². The first-order chi connectivity index (χ1) is 7.69. The van der Waals surface area contributed by atoms with Crippen LogP contribution in [-0.4, -0.2) is 19.4 Å². The average molecular weight is 215 g/mol. The van der Waals surface area contributed by atoms with Gasteiger partial charge in [0.2, 0.25) is 0 Å². The monoisotopic (exact) mass is 215 g/mol. The topological polar surface area (TPSA) is 78.9 Å². The van der Waals surface area contributed by atoms with Gasteiger partial charge in [0, 0.05) is 0 Å². The van der Waals surface area contributed by atoms with Crippen LogP contribution in [-0.2, 0) is 4.79 Å². The van der Waals surface area contributed by atoms with Crippen LogP contribution in [0.2, 0.25) is 0 Å². The van der Waals surface area contributed by atoms with Gasteiger partial charge < -0.3 is 11.1 Å². The molecule has 1 aromatic rings. The molecule has 0 spiro atoms. The van der Waals surface area contributed by atoms with Crippen LogP contribution < -0.4 is 11.1 Å². The first-order valence-corrected chi connectivity index (χ1v) is 4.83. The molecule has 1 aromatic carbocycles. The predicted octanol–water partition coefficient (Wildman–Crippen LogP) is 0.942. The molecule has 0 aliphatic rings. The summed E-state index contributed by atoms with van der Waals surface area (Å²) in [6.45, 7) is 0.286. The molecule has 0 saturated heterocycles. The van der Waals surface area contributed by atoms with Crippen LogP contribution in [0.25, 0.3) is 6.08 Å². The summed E-state index contributed by atoms with van der Waals surface area (Å²) in [6.07, 6.45) is 3.07. The van der Waals surface area contributed by atoms with Crippen LogP contribution in [0.5, 0.6) is 0 Å². The fourth-order valence-corrected chi connectivity index (χ4v) is 1.24. The van der Waals surface area contributed by atoms with Crippen LogP contribution in [0, 0.1) is 11.3 Å². The van der Waals surface area contributed by atoms with Crippen LogP contribution in [0.1, 0.15) is 11.1 Å². The first kappa shape index (κ1) is 12.0. The van der Waals surface area contributed by atoms with Gasteiger partial charge in [-0.1, -0.05) is 12.1 Å². The third-order valence-electron chi connectivity index (χ3n) is 2.06. The highest BCUT2D eigenvalue weighted by molar-refractivity contribution is 5.95. The highest BCUT2D eigenvalue weighted by Crippen LogP contribution is 2.17. The Bertz CT molecular complexity index is 458. The van der Waals surface area contributed by atoms with Gasteiger partial charge >= 0.3 is 0 Å². The predicted molar refractivity (Wildman–Crippen MR) is 63.5 cm³/mol. The van der Waals surface area contributed by atoms with E-state index in [-0.39, 0.29) is 12.3 Å². The van der Waals surface area contributed by atoms with Gasteiger partial charge in [-0.15, -0.1) is 0 Å². The highest BCUT2D eigenvalue weighted by Gasteiger charge is 2.01. The zero-order valence-corrected chi connectivity index (χ0v) is 9.03. The molecule has 0 heterocycles. The van der Waals surface area contributed by atoms with Crippen molar-refractivity contribution in [2.75, 3.05) is 19.3 Å². The third kappa shape index (κ3) is 2.94. The number of benzene rings is 1. The number of carbonyl (C=O) groups excluding carboxylic acids is 1. The Hall–Kier alpha value is -2.12. The van der Waals surface area contributed by atoms with Crippen molar-refractivity contribution in [1.82, 2.24) is 5.32 Å². The van der Waals surface area contributed by atoms with Crippen molar-refractivity contribution < 1.29 is 4.79 Å². The molecule has 4 nitrogen and oxygen atoms in total. The van der Waals surface area contributed by atoms with E-state index < -0.39 is 0 Å². The molecule has 0 fully saturated rings. The van der Waals surface area contributed by atoms with Crippen LogP contribution in [0.4, 0.5) is 5.69 Å². The maximum Gasteiger partial charge on any atom is 0.169 e. The van der Waals surface area contributed by atoms with Gasteiger partial charge in [-0.3, -0.25) is 4.79 Å². The van der Waals surface area contributed by atoms with Crippen LogP contribution >= 0.6 is 0 Å². The molecule has 0 aromatic heterocycles. The second-order valence-electron chi connectivity index (χ2n) is 3.25. The number of rotatable bonds is 4. The molecule has 3 N–H and O–H groups in total. The number of hydrogen-bond acceptors (Lipinski definition) is 4. The largest absolute Gasteiger partial charge is 0.397 e. The molecule has 0 atom stereocenters. The summed E-state index contributed by atoms with van der Waals surface area (Å²) < 4.78 is 0. The number of nitrogens with two attached hydrogens (primary N) is 1. The summed E-state index contributed by atoms with van der Waals surface area (Å²) in [5.41, 5.74) is 7.26. The molecule has 0 radical (unpaired) electrons. The normalized spacial score (nSPS) is 10.2. The zero-order chi connectivity index (χ0) is 12.0. The van der Waals surface area contributed by atoms with Gasteiger partial charge in [-0.25, -0.2) is 0 Å². The Balaban J connectivity index is 2.90. The van der Waals surface area contributed by atoms with E-state index in [0.717, 1.165) is 0 Å². The summed E-state index contributed by atoms with van der Waals surface area (Å²) in [4.78, 5) is 11.2. The maximum absolute atomic E-state index is 11.2. The lowest BCUT2D eigenvalue weighted by atomic mass is 10.1. The Labute approximate surface area is 94.4 Å².